The van der Waals surface area contributed by atoms with Crippen molar-refractivity contribution in [2.24, 2.45) is 5.92 Å². The monoisotopic (exact) mass is 258 g/mol. The molecular weight excluding hydrogens is 240 g/mol. The number of anilines is 1. The normalized spacial score (nSPS) is 15.9. The third-order valence-corrected chi connectivity index (χ3v) is 3.80. The van der Waals surface area contributed by atoms with Gasteiger partial charge in [-0.15, -0.1) is 0 Å². The highest BCUT2D eigenvalue weighted by Gasteiger charge is 2.18. The van der Waals surface area contributed by atoms with Gasteiger partial charge in [0.2, 0.25) is 0 Å². The summed E-state index contributed by atoms with van der Waals surface area (Å²) >= 11 is 0. The fourth-order valence-corrected chi connectivity index (χ4v) is 2.71. The van der Waals surface area contributed by atoms with Gasteiger partial charge in [-0.2, -0.15) is 5.26 Å². The van der Waals surface area contributed by atoms with Gasteiger partial charge in [0.1, 0.15) is 17.5 Å². The first-order valence-electron chi connectivity index (χ1n) is 6.61. The van der Waals surface area contributed by atoms with E-state index in [9.17, 15) is 4.79 Å². The fraction of sp³-hybridized carbons (Fsp3) is 0.500. The number of hydrogen-bond donors (Lipinski definition) is 2. The zero-order chi connectivity index (χ0) is 13.8. The quantitative estimate of drug-likeness (QED) is 0.810. The van der Waals surface area contributed by atoms with Crippen LogP contribution in [0.25, 0.3) is 0 Å². The number of nitriles is 1. The second-order valence-electron chi connectivity index (χ2n) is 5.07. The molecule has 0 bridgehead atoms. The third-order valence-electron chi connectivity index (χ3n) is 3.80. The molecule has 0 atom stereocenters. The Kier molecular flexibility index (Phi) is 4.00. The largest absolute Gasteiger partial charge is 0.384 e. The lowest BCUT2D eigenvalue weighted by Gasteiger charge is -2.23. The molecule has 1 fully saturated rings. The summed E-state index contributed by atoms with van der Waals surface area (Å²) in [6, 6.07) is 3.27. The summed E-state index contributed by atoms with van der Waals surface area (Å²) in [4.78, 5) is 12.1. The summed E-state index contributed by atoms with van der Waals surface area (Å²) in [6.45, 7) is 0.557. The molecule has 100 valence electrons. The zero-order valence-corrected chi connectivity index (χ0v) is 10.9. The molecule has 2 rings (SSSR count). The molecule has 0 aliphatic heterocycles. The summed E-state index contributed by atoms with van der Waals surface area (Å²) in [5.41, 5.74) is 6.10. The van der Waals surface area contributed by atoms with Crippen LogP contribution in [0.15, 0.2) is 10.9 Å². The van der Waals surface area contributed by atoms with Crippen LogP contribution in [0.3, 0.4) is 0 Å². The molecule has 0 aromatic carbocycles. The van der Waals surface area contributed by atoms with Crippen LogP contribution >= 0.6 is 0 Å². The Morgan fingerprint density at radius 1 is 1.47 bits per heavy atom. The SMILES string of the molecule is N#Cc1cc(C=N)c(N)n(CC2CCCCC2)c1=O. The summed E-state index contributed by atoms with van der Waals surface area (Å²) in [5.74, 6) is 0.742. The maximum atomic E-state index is 12.1. The summed E-state index contributed by atoms with van der Waals surface area (Å²) in [5, 5.41) is 16.3. The first kappa shape index (κ1) is 13.3. The first-order chi connectivity index (χ1) is 9.17. The van der Waals surface area contributed by atoms with E-state index in [1.54, 1.807) is 0 Å². The maximum Gasteiger partial charge on any atom is 0.270 e. The van der Waals surface area contributed by atoms with Crippen molar-refractivity contribution >= 4 is 12.0 Å². The molecular formula is C14H18N4O. The minimum absolute atomic E-state index is 0.0588. The maximum absolute atomic E-state index is 12.1. The molecule has 0 saturated heterocycles. The molecule has 0 unspecified atom stereocenters. The van der Waals surface area contributed by atoms with Crippen LogP contribution in [-0.2, 0) is 6.54 Å². The lowest BCUT2D eigenvalue weighted by Crippen LogP contribution is -2.30. The number of nitrogen functional groups attached to an aromatic ring is 1. The Labute approximate surface area is 112 Å². The summed E-state index contributed by atoms with van der Waals surface area (Å²) in [6.07, 6.45) is 6.92. The van der Waals surface area contributed by atoms with Gasteiger partial charge >= 0.3 is 0 Å². The average molecular weight is 258 g/mol. The highest BCUT2D eigenvalue weighted by Crippen LogP contribution is 2.25. The standard InChI is InChI=1S/C14H18N4O/c15-7-11-6-12(8-16)14(19)18(13(11)17)9-10-4-2-1-3-5-10/h6-7,10,15H,1-5,9,17H2. The third kappa shape index (κ3) is 2.68. The molecule has 1 saturated carbocycles. The topological polar surface area (TPSA) is 95.7 Å². The highest BCUT2D eigenvalue weighted by atomic mass is 16.1. The van der Waals surface area contributed by atoms with Crippen LogP contribution in [0.5, 0.6) is 0 Å². The second-order valence-corrected chi connectivity index (χ2v) is 5.07. The molecule has 19 heavy (non-hydrogen) atoms. The van der Waals surface area contributed by atoms with Gasteiger partial charge in [-0.3, -0.25) is 9.36 Å². The number of hydrogen-bond acceptors (Lipinski definition) is 4. The van der Waals surface area contributed by atoms with E-state index < -0.39 is 0 Å². The summed E-state index contributed by atoms with van der Waals surface area (Å²) in [7, 11) is 0. The van der Waals surface area contributed by atoms with Gasteiger partial charge in [-0.1, -0.05) is 19.3 Å². The van der Waals surface area contributed by atoms with Crippen LogP contribution in [0.4, 0.5) is 5.82 Å². The molecule has 1 heterocycles. The molecule has 5 nitrogen and oxygen atoms in total. The van der Waals surface area contributed by atoms with Gasteiger partial charge in [-0.05, 0) is 24.8 Å². The van der Waals surface area contributed by atoms with Crippen LogP contribution in [0.1, 0.15) is 43.2 Å². The Balaban J connectivity index is 2.40. The van der Waals surface area contributed by atoms with E-state index in [0.29, 0.717) is 23.8 Å². The van der Waals surface area contributed by atoms with E-state index in [1.807, 2.05) is 6.07 Å². The smallest absolute Gasteiger partial charge is 0.270 e. The number of nitrogens with two attached hydrogens (primary N) is 1. The Hall–Kier alpha value is -2.09. The first-order valence-corrected chi connectivity index (χ1v) is 6.61. The van der Waals surface area contributed by atoms with Crippen molar-refractivity contribution in [1.82, 2.24) is 4.57 Å². The lowest BCUT2D eigenvalue weighted by atomic mass is 9.89. The van der Waals surface area contributed by atoms with Crippen molar-refractivity contribution in [2.75, 3.05) is 5.73 Å². The Bertz CT molecular complexity index is 576. The van der Waals surface area contributed by atoms with Crippen molar-refractivity contribution in [1.29, 1.82) is 10.7 Å². The van der Waals surface area contributed by atoms with E-state index in [2.05, 4.69) is 0 Å². The predicted molar refractivity (Wildman–Crippen MR) is 74.3 cm³/mol. The number of pyridine rings is 1. The van der Waals surface area contributed by atoms with Crippen LogP contribution in [-0.4, -0.2) is 10.8 Å². The van der Waals surface area contributed by atoms with Crippen molar-refractivity contribution in [3.63, 3.8) is 0 Å². The van der Waals surface area contributed by atoms with Gasteiger partial charge in [0, 0.05) is 18.3 Å². The van der Waals surface area contributed by atoms with E-state index in [4.69, 9.17) is 16.4 Å². The van der Waals surface area contributed by atoms with Crippen LogP contribution in [0, 0.1) is 22.7 Å². The van der Waals surface area contributed by atoms with Gasteiger partial charge in [0.15, 0.2) is 0 Å². The zero-order valence-electron chi connectivity index (χ0n) is 10.9. The molecule has 1 aromatic rings. The number of rotatable bonds is 3. The lowest BCUT2D eigenvalue weighted by molar-refractivity contribution is 0.317. The fourth-order valence-electron chi connectivity index (χ4n) is 2.71. The van der Waals surface area contributed by atoms with E-state index >= 15 is 0 Å². The van der Waals surface area contributed by atoms with Crippen LogP contribution < -0.4 is 11.3 Å². The van der Waals surface area contributed by atoms with Gasteiger partial charge in [0.25, 0.3) is 5.56 Å². The highest BCUT2D eigenvalue weighted by molar-refractivity contribution is 5.84. The summed E-state index contributed by atoms with van der Waals surface area (Å²) < 4.78 is 1.47. The van der Waals surface area contributed by atoms with E-state index in [0.717, 1.165) is 19.1 Å². The molecule has 0 radical (unpaired) electrons. The van der Waals surface area contributed by atoms with Crippen molar-refractivity contribution < 1.29 is 0 Å². The van der Waals surface area contributed by atoms with Crippen molar-refractivity contribution in [3.05, 3.63) is 27.5 Å². The molecule has 0 spiro atoms. The minimum atomic E-state index is -0.337. The minimum Gasteiger partial charge on any atom is -0.384 e. The number of aromatic nitrogens is 1. The second kappa shape index (κ2) is 5.70. The molecule has 3 N–H and O–H groups in total. The van der Waals surface area contributed by atoms with Gasteiger partial charge in [-0.25, -0.2) is 0 Å². The van der Waals surface area contributed by atoms with Gasteiger partial charge < -0.3 is 11.1 Å². The molecule has 0 amide bonds. The van der Waals surface area contributed by atoms with Gasteiger partial charge in [0.05, 0.1) is 0 Å². The average Bonchev–Trinajstić information content (AvgIpc) is 2.45. The molecule has 5 heteroatoms. The Morgan fingerprint density at radius 3 is 2.74 bits per heavy atom. The number of nitrogens with zero attached hydrogens (tertiary/aromatic N) is 2. The Morgan fingerprint density at radius 2 is 2.16 bits per heavy atom. The molecule has 1 aromatic heterocycles. The van der Waals surface area contributed by atoms with E-state index in [-0.39, 0.29) is 11.1 Å². The molecule has 1 aliphatic rings. The van der Waals surface area contributed by atoms with Crippen molar-refractivity contribution in [2.45, 2.75) is 38.6 Å². The predicted octanol–water partition coefficient (Wildman–Crippen LogP) is 1.88. The molecule has 1 aliphatic carbocycles. The van der Waals surface area contributed by atoms with Crippen molar-refractivity contribution in [3.8, 4) is 6.07 Å². The van der Waals surface area contributed by atoms with Crippen LogP contribution in [0.2, 0.25) is 0 Å². The van der Waals surface area contributed by atoms with E-state index in [1.165, 1.54) is 29.9 Å². The number of nitrogens with one attached hydrogen (secondary N) is 1.